The van der Waals surface area contributed by atoms with Gasteiger partial charge in [-0.1, -0.05) is 20.8 Å². The van der Waals surface area contributed by atoms with Crippen molar-refractivity contribution in [2.75, 3.05) is 7.05 Å². The third kappa shape index (κ3) is 4.43. The predicted octanol–water partition coefficient (Wildman–Crippen LogP) is 4.11. The number of amides is 4. The van der Waals surface area contributed by atoms with E-state index in [1.54, 1.807) is 38.9 Å². The first-order valence-electron chi connectivity index (χ1n) is 12.1. The van der Waals surface area contributed by atoms with E-state index in [4.69, 9.17) is 0 Å². The molecule has 0 bridgehead atoms. The monoisotopic (exact) mass is 506 g/mol. The quantitative estimate of drug-likeness (QED) is 0.540. The zero-order valence-electron chi connectivity index (χ0n) is 21.2. The molecule has 0 saturated carbocycles. The van der Waals surface area contributed by atoms with Crippen LogP contribution in [0.15, 0.2) is 42.6 Å². The van der Waals surface area contributed by atoms with E-state index in [0.717, 1.165) is 33.7 Å². The average Bonchev–Trinajstić information content (AvgIpc) is 3.27. The van der Waals surface area contributed by atoms with Gasteiger partial charge in [0.05, 0.1) is 5.52 Å². The molecule has 1 spiro atoms. The van der Waals surface area contributed by atoms with Crippen molar-refractivity contribution in [3.05, 3.63) is 76.5 Å². The third-order valence-electron chi connectivity index (χ3n) is 7.21. The second kappa shape index (κ2) is 8.61. The van der Waals surface area contributed by atoms with Crippen LogP contribution < -0.4 is 5.32 Å². The van der Waals surface area contributed by atoms with Crippen LogP contribution in [0.1, 0.15) is 43.0 Å². The number of likely N-dealkylation sites (N-methyl/N-ethyl adjacent to an activating group) is 1. The fourth-order valence-electron chi connectivity index (χ4n) is 5.28. The van der Waals surface area contributed by atoms with Gasteiger partial charge in [0.25, 0.3) is 5.91 Å². The van der Waals surface area contributed by atoms with E-state index in [1.807, 2.05) is 18.2 Å². The normalized spacial score (nSPS) is 19.0. The minimum atomic E-state index is -0.921. The molecule has 1 saturated heterocycles. The largest absolute Gasteiger partial charge is 0.334 e. The van der Waals surface area contributed by atoms with E-state index in [9.17, 15) is 23.2 Å². The van der Waals surface area contributed by atoms with Gasteiger partial charge in [0, 0.05) is 56.0 Å². The molecule has 192 valence electrons. The Kier molecular flexibility index (Phi) is 5.77. The van der Waals surface area contributed by atoms with Gasteiger partial charge in [-0.2, -0.15) is 0 Å². The van der Waals surface area contributed by atoms with Crippen LogP contribution in [0.4, 0.5) is 13.6 Å². The van der Waals surface area contributed by atoms with E-state index in [0.29, 0.717) is 18.4 Å². The molecule has 37 heavy (non-hydrogen) atoms. The number of nitrogens with zero attached hydrogens (tertiary/aromatic N) is 3. The Morgan fingerprint density at radius 3 is 2.22 bits per heavy atom. The van der Waals surface area contributed by atoms with Crippen molar-refractivity contribution < 1.29 is 23.2 Å². The Labute approximate surface area is 213 Å². The van der Waals surface area contributed by atoms with Gasteiger partial charge in [-0.15, -0.1) is 0 Å². The summed E-state index contributed by atoms with van der Waals surface area (Å²) in [4.78, 5) is 45.6. The Bertz CT molecular complexity index is 1450. The summed E-state index contributed by atoms with van der Waals surface area (Å²) in [6.07, 6.45) is 2.52. The molecular formula is C28H28F2N4O3. The number of carbonyl (C=O) groups is 3. The number of pyridine rings is 1. The summed E-state index contributed by atoms with van der Waals surface area (Å²) in [5.41, 5.74) is 2.20. The molecule has 1 aliphatic heterocycles. The van der Waals surface area contributed by atoms with Crippen LogP contribution in [-0.4, -0.2) is 45.2 Å². The van der Waals surface area contributed by atoms with Gasteiger partial charge in [-0.3, -0.25) is 19.9 Å². The lowest BCUT2D eigenvalue weighted by atomic mass is 9.94. The third-order valence-corrected chi connectivity index (χ3v) is 7.21. The number of benzene rings is 2. The molecule has 2 heterocycles. The summed E-state index contributed by atoms with van der Waals surface area (Å²) in [5.74, 6) is -1.84. The van der Waals surface area contributed by atoms with E-state index in [2.05, 4.69) is 10.3 Å². The number of aromatic nitrogens is 1. The molecule has 7 nitrogen and oxygen atoms in total. The fraction of sp³-hybridized carbons (Fsp3) is 0.357. The number of hydrogen-bond donors (Lipinski definition) is 1. The van der Waals surface area contributed by atoms with Crippen molar-refractivity contribution in [1.82, 2.24) is 20.1 Å². The lowest BCUT2D eigenvalue weighted by Crippen LogP contribution is -2.48. The van der Waals surface area contributed by atoms with Crippen LogP contribution in [0.25, 0.3) is 10.9 Å². The Morgan fingerprint density at radius 2 is 1.62 bits per heavy atom. The number of carbonyl (C=O) groups excluding carboxylic acids is 3. The smallest absolute Gasteiger partial charge is 0.324 e. The minimum Gasteiger partial charge on any atom is -0.334 e. The zero-order valence-corrected chi connectivity index (χ0v) is 21.2. The maximum Gasteiger partial charge on any atom is 0.324 e. The van der Waals surface area contributed by atoms with Gasteiger partial charge in [-0.05, 0) is 52.6 Å². The fourth-order valence-corrected chi connectivity index (χ4v) is 5.28. The molecule has 0 radical (unpaired) electrons. The highest BCUT2D eigenvalue weighted by Crippen LogP contribution is 2.38. The first-order valence-corrected chi connectivity index (χ1v) is 12.1. The van der Waals surface area contributed by atoms with E-state index >= 15 is 0 Å². The van der Waals surface area contributed by atoms with Crippen molar-refractivity contribution >= 4 is 28.7 Å². The number of imide groups is 1. The number of urea groups is 1. The van der Waals surface area contributed by atoms with E-state index in [-0.39, 0.29) is 24.9 Å². The lowest BCUT2D eigenvalue weighted by Gasteiger charge is -2.30. The second-order valence-electron chi connectivity index (χ2n) is 11.0. The lowest BCUT2D eigenvalue weighted by molar-refractivity contribution is -0.140. The van der Waals surface area contributed by atoms with E-state index in [1.165, 1.54) is 17.0 Å². The first kappa shape index (κ1) is 24.8. The van der Waals surface area contributed by atoms with E-state index < -0.39 is 28.6 Å². The summed E-state index contributed by atoms with van der Waals surface area (Å²) in [7, 11) is 1.63. The van der Waals surface area contributed by atoms with Gasteiger partial charge >= 0.3 is 6.03 Å². The van der Waals surface area contributed by atoms with Crippen LogP contribution in [0.3, 0.4) is 0 Å². The van der Waals surface area contributed by atoms with Gasteiger partial charge in [0.1, 0.15) is 17.2 Å². The molecule has 1 unspecified atom stereocenters. The second-order valence-corrected chi connectivity index (χ2v) is 11.0. The van der Waals surface area contributed by atoms with Crippen LogP contribution >= 0.6 is 0 Å². The Balaban J connectivity index is 1.45. The SMILES string of the molecule is CN1C(=O)NC(=O)C12Cc1cc3cc(CN(Cc4cc(F)cc(F)c4)C(=O)C(C)(C)C)cnc3cc1C2. The summed E-state index contributed by atoms with van der Waals surface area (Å²) >= 11 is 0. The van der Waals surface area contributed by atoms with Crippen molar-refractivity contribution in [3.8, 4) is 0 Å². The summed E-state index contributed by atoms with van der Waals surface area (Å²) < 4.78 is 27.6. The van der Waals surface area contributed by atoms with Crippen LogP contribution in [0.2, 0.25) is 0 Å². The molecule has 1 fully saturated rings. The predicted molar refractivity (Wildman–Crippen MR) is 133 cm³/mol. The zero-order chi connectivity index (χ0) is 26.7. The Morgan fingerprint density at radius 1 is 1.00 bits per heavy atom. The van der Waals surface area contributed by atoms with Gasteiger partial charge in [-0.25, -0.2) is 13.6 Å². The summed E-state index contributed by atoms with van der Waals surface area (Å²) in [6, 6.07) is 8.72. The Hall–Kier alpha value is -3.88. The van der Waals surface area contributed by atoms with Crippen LogP contribution in [0.5, 0.6) is 0 Å². The highest BCUT2D eigenvalue weighted by Gasteiger charge is 2.54. The molecule has 1 N–H and O–H groups in total. The number of halogens is 2. The van der Waals surface area contributed by atoms with Gasteiger partial charge < -0.3 is 9.80 Å². The van der Waals surface area contributed by atoms with Crippen molar-refractivity contribution in [2.45, 2.75) is 52.2 Å². The number of rotatable bonds is 4. The molecule has 5 rings (SSSR count). The van der Waals surface area contributed by atoms with Crippen LogP contribution in [-0.2, 0) is 35.5 Å². The number of hydrogen-bond acceptors (Lipinski definition) is 4. The molecule has 2 aromatic carbocycles. The average molecular weight is 507 g/mol. The first-order chi connectivity index (χ1) is 17.4. The molecule has 3 aromatic rings. The molecular weight excluding hydrogens is 478 g/mol. The molecule has 1 aromatic heterocycles. The minimum absolute atomic E-state index is 0.0466. The molecule has 2 aliphatic rings. The summed E-state index contributed by atoms with van der Waals surface area (Å²) in [6.45, 7) is 5.65. The standard InChI is InChI=1S/C28H28F2N4O3/c1-27(2,3)25(36)34(14-16-6-21(29)10-22(30)7-16)15-17-5-18-8-19-11-28(24(35)32-26(37)33(28)4)12-20(19)9-23(18)31-13-17/h5-10,13H,11-12,14-15H2,1-4H3,(H,32,35,37). The number of fused-ring (bicyclic) bond motifs is 2. The maximum absolute atomic E-state index is 13.8. The van der Waals surface area contributed by atoms with Gasteiger partial charge in [0.15, 0.2) is 0 Å². The number of nitrogens with one attached hydrogen (secondary N) is 1. The van der Waals surface area contributed by atoms with Crippen LogP contribution in [0, 0.1) is 17.0 Å². The van der Waals surface area contributed by atoms with Crippen molar-refractivity contribution in [1.29, 1.82) is 0 Å². The molecule has 1 atom stereocenters. The topological polar surface area (TPSA) is 82.6 Å². The van der Waals surface area contributed by atoms with Gasteiger partial charge in [0.2, 0.25) is 5.91 Å². The molecule has 1 aliphatic carbocycles. The highest BCUT2D eigenvalue weighted by molar-refractivity contribution is 6.08. The maximum atomic E-state index is 13.8. The molecule has 4 amide bonds. The van der Waals surface area contributed by atoms with Crippen molar-refractivity contribution in [2.24, 2.45) is 5.41 Å². The van der Waals surface area contributed by atoms with Crippen molar-refractivity contribution in [3.63, 3.8) is 0 Å². The molecule has 9 heteroatoms. The summed E-state index contributed by atoms with van der Waals surface area (Å²) in [5, 5.41) is 3.25. The highest BCUT2D eigenvalue weighted by atomic mass is 19.1.